The van der Waals surface area contributed by atoms with E-state index < -0.39 is 11.4 Å². The first kappa shape index (κ1) is 12.4. The molecule has 2 aliphatic rings. The van der Waals surface area contributed by atoms with Gasteiger partial charge >= 0.3 is 5.97 Å². The molecule has 0 aliphatic heterocycles. The molecule has 0 unspecified atom stereocenters. The minimum absolute atomic E-state index is 0.0459. The van der Waals surface area contributed by atoms with E-state index in [1.165, 1.54) is 6.42 Å². The van der Waals surface area contributed by atoms with Gasteiger partial charge in [-0.3, -0.25) is 9.59 Å². The highest BCUT2D eigenvalue weighted by Crippen LogP contribution is 2.46. The van der Waals surface area contributed by atoms with E-state index >= 15 is 0 Å². The lowest BCUT2D eigenvalue weighted by atomic mass is 9.75. The largest absolute Gasteiger partial charge is 0.480 e. The van der Waals surface area contributed by atoms with Gasteiger partial charge in [-0.05, 0) is 46.2 Å². The molecule has 2 N–H and O–H groups in total. The number of likely N-dealkylation sites (N-methyl/N-ethyl adjacent to an activating group) is 1. The second-order valence-electron chi connectivity index (χ2n) is 5.54. The molecule has 2 fully saturated rings. The molecular formula is C12H20N2O3. The van der Waals surface area contributed by atoms with Crippen molar-refractivity contribution in [3.05, 3.63) is 0 Å². The monoisotopic (exact) mass is 240 g/mol. The first-order valence-electron chi connectivity index (χ1n) is 6.12. The molecule has 0 heterocycles. The summed E-state index contributed by atoms with van der Waals surface area (Å²) in [4.78, 5) is 25.0. The number of nitrogens with one attached hydrogen (secondary N) is 1. The summed E-state index contributed by atoms with van der Waals surface area (Å²) in [7, 11) is 4.02. The molecule has 96 valence electrons. The van der Waals surface area contributed by atoms with Gasteiger partial charge in [0.05, 0.1) is 0 Å². The quantitative estimate of drug-likeness (QED) is 0.685. The predicted molar refractivity (Wildman–Crippen MR) is 62.6 cm³/mol. The van der Waals surface area contributed by atoms with E-state index in [-0.39, 0.29) is 11.4 Å². The summed E-state index contributed by atoms with van der Waals surface area (Å²) >= 11 is 0. The third kappa shape index (κ3) is 1.92. The van der Waals surface area contributed by atoms with Crippen LogP contribution < -0.4 is 5.32 Å². The number of nitrogens with zero attached hydrogens (tertiary/aromatic N) is 1. The van der Waals surface area contributed by atoms with E-state index in [9.17, 15) is 9.59 Å². The van der Waals surface area contributed by atoms with E-state index in [1.807, 2.05) is 14.1 Å². The Labute approximate surface area is 101 Å². The zero-order valence-corrected chi connectivity index (χ0v) is 10.5. The molecule has 2 rings (SSSR count). The number of carboxylic acids is 1. The molecule has 2 aliphatic carbocycles. The maximum Gasteiger partial charge on any atom is 0.319 e. The second-order valence-corrected chi connectivity index (χ2v) is 5.54. The van der Waals surface area contributed by atoms with Crippen LogP contribution in [0.2, 0.25) is 0 Å². The van der Waals surface area contributed by atoms with Gasteiger partial charge in [0.1, 0.15) is 5.41 Å². The van der Waals surface area contributed by atoms with Gasteiger partial charge in [0, 0.05) is 12.1 Å². The maximum atomic E-state index is 11.9. The molecule has 0 saturated heterocycles. The first-order valence-corrected chi connectivity index (χ1v) is 6.12. The van der Waals surface area contributed by atoms with Crippen molar-refractivity contribution in [1.82, 2.24) is 10.2 Å². The summed E-state index contributed by atoms with van der Waals surface area (Å²) in [5.74, 6) is -1.29. The van der Waals surface area contributed by atoms with Crippen LogP contribution in [0.5, 0.6) is 0 Å². The Kier molecular flexibility index (Phi) is 2.89. The smallest absolute Gasteiger partial charge is 0.319 e. The van der Waals surface area contributed by atoms with Crippen LogP contribution in [-0.4, -0.2) is 48.1 Å². The Balaban J connectivity index is 1.90. The highest BCUT2D eigenvalue weighted by atomic mass is 16.4. The van der Waals surface area contributed by atoms with Crippen LogP contribution >= 0.6 is 0 Å². The van der Waals surface area contributed by atoms with Gasteiger partial charge in [0.25, 0.3) is 0 Å². The molecule has 0 aromatic rings. The highest BCUT2D eigenvalue weighted by molar-refractivity contribution is 6.04. The number of carboxylic acid groups (broad SMARTS) is 1. The average Bonchev–Trinajstić information content (AvgIpc) is 2.95. The number of carbonyl (C=O) groups excluding carboxylic acids is 1. The molecule has 0 aromatic heterocycles. The molecule has 0 spiro atoms. The lowest BCUT2D eigenvalue weighted by molar-refractivity contribution is -0.149. The number of rotatable bonds is 5. The molecule has 5 nitrogen and oxygen atoms in total. The summed E-state index contributed by atoms with van der Waals surface area (Å²) in [6, 6.07) is 0. The maximum absolute atomic E-state index is 11.9. The summed E-state index contributed by atoms with van der Waals surface area (Å²) in [5.41, 5.74) is -1.07. The van der Waals surface area contributed by atoms with Gasteiger partial charge in [-0.25, -0.2) is 0 Å². The van der Waals surface area contributed by atoms with Gasteiger partial charge < -0.3 is 15.3 Å². The van der Waals surface area contributed by atoms with E-state index in [2.05, 4.69) is 10.2 Å². The van der Waals surface area contributed by atoms with Crippen molar-refractivity contribution in [2.75, 3.05) is 20.6 Å². The molecule has 1 amide bonds. The van der Waals surface area contributed by atoms with E-state index in [0.29, 0.717) is 19.4 Å². The van der Waals surface area contributed by atoms with Crippen molar-refractivity contribution < 1.29 is 14.7 Å². The predicted octanol–water partition coefficient (Wildman–Crippen LogP) is 0.452. The third-order valence-corrected chi connectivity index (χ3v) is 4.40. The number of carbonyl (C=O) groups is 2. The zero-order valence-electron chi connectivity index (χ0n) is 10.5. The fourth-order valence-electron chi connectivity index (χ4n) is 2.44. The van der Waals surface area contributed by atoms with Crippen LogP contribution in [0.3, 0.4) is 0 Å². The Hall–Kier alpha value is -1.10. The number of hydrogen-bond acceptors (Lipinski definition) is 3. The van der Waals surface area contributed by atoms with E-state index in [1.54, 1.807) is 0 Å². The van der Waals surface area contributed by atoms with Crippen LogP contribution in [0.15, 0.2) is 0 Å². The molecular weight excluding hydrogens is 220 g/mol. The molecule has 0 radical (unpaired) electrons. The highest BCUT2D eigenvalue weighted by Gasteiger charge is 2.57. The number of hydrogen-bond donors (Lipinski definition) is 2. The standard InChI is InChI=1S/C12H20N2O3/c1-14(2)11(4-3-5-11)8-13-9(15)12(6-7-12)10(16)17/h3-8H2,1-2H3,(H,13,15)(H,16,17). The van der Waals surface area contributed by atoms with Gasteiger partial charge in [-0.15, -0.1) is 0 Å². The van der Waals surface area contributed by atoms with E-state index in [4.69, 9.17) is 5.11 Å². The molecule has 5 heteroatoms. The summed E-state index contributed by atoms with van der Waals surface area (Å²) in [6.45, 7) is 0.563. The van der Waals surface area contributed by atoms with Crippen molar-refractivity contribution in [3.8, 4) is 0 Å². The fraction of sp³-hybridized carbons (Fsp3) is 0.833. The molecule has 0 aromatic carbocycles. The number of amides is 1. The van der Waals surface area contributed by atoms with Crippen molar-refractivity contribution in [1.29, 1.82) is 0 Å². The Bertz CT molecular complexity index is 344. The molecule has 17 heavy (non-hydrogen) atoms. The lowest BCUT2D eigenvalue weighted by Gasteiger charge is -2.47. The van der Waals surface area contributed by atoms with Crippen LogP contribution in [0.25, 0.3) is 0 Å². The van der Waals surface area contributed by atoms with Crippen molar-refractivity contribution in [2.45, 2.75) is 37.6 Å². The molecule has 0 atom stereocenters. The SMILES string of the molecule is CN(C)C1(CNC(=O)C2(C(=O)O)CC2)CCC1. The second kappa shape index (κ2) is 3.98. The average molecular weight is 240 g/mol. The van der Waals surface area contributed by atoms with Crippen LogP contribution in [-0.2, 0) is 9.59 Å². The van der Waals surface area contributed by atoms with Crippen molar-refractivity contribution in [3.63, 3.8) is 0 Å². The van der Waals surface area contributed by atoms with Crippen LogP contribution in [0, 0.1) is 5.41 Å². The zero-order chi connectivity index (χ0) is 12.7. The summed E-state index contributed by atoms with van der Waals surface area (Å²) in [6.07, 6.45) is 4.27. The van der Waals surface area contributed by atoms with Crippen molar-refractivity contribution >= 4 is 11.9 Å². The van der Waals surface area contributed by atoms with Gasteiger partial charge in [-0.1, -0.05) is 0 Å². The van der Waals surface area contributed by atoms with Crippen LogP contribution in [0.4, 0.5) is 0 Å². The van der Waals surface area contributed by atoms with Gasteiger partial charge in [0.2, 0.25) is 5.91 Å². The Morgan fingerprint density at radius 1 is 1.24 bits per heavy atom. The van der Waals surface area contributed by atoms with Crippen molar-refractivity contribution in [2.24, 2.45) is 5.41 Å². The normalized spacial score (nSPS) is 23.9. The van der Waals surface area contributed by atoms with E-state index in [0.717, 1.165) is 12.8 Å². The fourth-order valence-corrected chi connectivity index (χ4v) is 2.44. The van der Waals surface area contributed by atoms with Gasteiger partial charge in [0.15, 0.2) is 0 Å². The first-order chi connectivity index (χ1) is 7.93. The Morgan fingerprint density at radius 3 is 2.12 bits per heavy atom. The van der Waals surface area contributed by atoms with Gasteiger partial charge in [-0.2, -0.15) is 0 Å². The van der Waals surface area contributed by atoms with Crippen LogP contribution in [0.1, 0.15) is 32.1 Å². The number of aliphatic carboxylic acids is 1. The summed E-state index contributed by atoms with van der Waals surface area (Å²) in [5, 5.41) is 11.8. The Morgan fingerprint density at radius 2 is 1.82 bits per heavy atom. The third-order valence-electron chi connectivity index (χ3n) is 4.40. The summed E-state index contributed by atoms with van der Waals surface area (Å²) < 4.78 is 0. The minimum atomic E-state index is -1.11. The topological polar surface area (TPSA) is 69.6 Å². The molecule has 2 saturated carbocycles. The molecule has 0 bridgehead atoms. The lowest BCUT2D eigenvalue weighted by Crippen LogP contribution is -2.58. The minimum Gasteiger partial charge on any atom is -0.480 e.